The van der Waals surface area contributed by atoms with Gasteiger partial charge in [-0.2, -0.15) is 0 Å². The minimum atomic E-state index is -1.34. The molecule has 0 bridgehead atoms. The van der Waals surface area contributed by atoms with Crippen LogP contribution in [0.15, 0.2) is 109 Å². The van der Waals surface area contributed by atoms with E-state index in [1.807, 2.05) is 72.8 Å². The summed E-state index contributed by atoms with van der Waals surface area (Å²) in [6.07, 6.45) is 0. The van der Waals surface area contributed by atoms with Crippen LogP contribution in [0.3, 0.4) is 0 Å². The van der Waals surface area contributed by atoms with Crippen molar-refractivity contribution < 1.29 is 10.0 Å². The van der Waals surface area contributed by atoms with Crippen LogP contribution in [0, 0.1) is 0 Å². The van der Waals surface area contributed by atoms with Crippen LogP contribution in [-0.2, 0) is 0 Å². The van der Waals surface area contributed by atoms with Crippen molar-refractivity contribution >= 4 is 111 Å². The summed E-state index contributed by atoms with van der Waals surface area (Å²) >= 11 is 21.2. The smallest absolute Gasteiger partial charge is 0.423 e. The van der Waals surface area contributed by atoms with E-state index in [4.69, 9.17) is 44.9 Å². The second-order valence-electron chi connectivity index (χ2n) is 9.33. The van der Waals surface area contributed by atoms with Crippen molar-refractivity contribution in [3.05, 3.63) is 125 Å². The first-order valence-corrected chi connectivity index (χ1v) is 16.0. The lowest BCUT2D eigenvalue weighted by Crippen LogP contribution is -2.29. The van der Waals surface area contributed by atoms with E-state index in [1.165, 1.54) is 4.70 Å². The number of thiophene rings is 2. The molecule has 8 rings (SSSR count). The van der Waals surface area contributed by atoms with E-state index in [0.717, 1.165) is 47.2 Å². The first kappa shape index (κ1) is 30.4. The molecule has 0 unspecified atom stereocenters. The third kappa shape index (κ3) is 6.55. The highest BCUT2D eigenvalue weighted by molar-refractivity contribution is 7.26. The number of rotatable bonds is 2. The Kier molecular flexibility index (Phi) is 9.35. The molecule has 44 heavy (non-hydrogen) atoms. The zero-order chi connectivity index (χ0) is 30.6. The fraction of sp³-hybridized carbons (Fsp3) is 0. The van der Waals surface area contributed by atoms with Crippen LogP contribution >= 0.6 is 57.5 Å². The third-order valence-electron chi connectivity index (χ3n) is 6.49. The number of hydrogen-bond acceptors (Lipinski definition) is 8. The molecular weight excluding hydrogens is 654 g/mol. The Labute approximate surface area is 275 Å². The standard InChI is InChI=1S/C16H9ClN2S.C10H4Cl2N2S.C6H7BO2/c17-16-18-13(10-6-2-1-3-7-10)15-14(19-16)11-8-4-5-9-12(11)20-15;11-9-8-7(13-10(12)14-9)5-3-1-2-4-6(5)15-8;8-7(9)6-4-2-1-3-5-6/h1-9H;1-4H;1-5,8-9H. The monoisotopic (exact) mass is 672 g/mol. The summed E-state index contributed by atoms with van der Waals surface area (Å²) in [5.41, 5.74) is 4.26. The van der Waals surface area contributed by atoms with Gasteiger partial charge in [-0.1, -0.05) is 109 Å². The Hall–Kier alpha value is -3.67. The average molecular weight is 674 g/mol. The highest BCUT2D eigenvalue weighted by atomic mass is 35.5. The van der Waals surface area contributed by atoms with Gasteiger partial charge in [0.2, 0.25) is 10.6 Å². The van der Waals surface area contributed by atoms with Gasteiger partial charge in [-0.05, 0) is 40.8 Å². The van der Waals surface area contributed by atoms with Gasteiger partial charge in [0.05, 0.1) is 26.1 Å². The van der Waals surface area contributed by atoms with E-state index in [1.54, 1.807) is 46.9 Å². The predicted molar refractivity (Wildman–Crippen MR) is 187 cm³/mol. The van der Waals surface area contributed by atoms with E-state index >= 15 is 0 Å². The summed E-state index contributed by atoms with van der Waals surface area (Å²) < 4.78 is 4.33. The van der Waals surface area contributed by atoms with Crippen molar-refractivity contribution in [2.24, 2.45) is 0 Å². The lowest BCUT2D eigenvalue weighted by Gasteiger charge is -2.02. The van der Waals surface area contributed by atoms with E-state index in [2.05, 4.69) is 32.1 Å². The lowest BCUT2D eigenvalue weighted by molar-refractivity contribution is 0.426. The molecule has 0 atom stereocenters. The van der Waals surface area contributed by atoms with Crippen LogP contribution < -0.4 is 5.46 Å². The zero-order valence-electron chi connectivity index (χ0n) is 22.6. The molecule has 0 amide bonds. The molecule has 2 N–H and O–H groups in total. The topological polar surface area (TPSA) is 92.0 Å². The van der Waals surface area contributed by atoms with Crippen molar-refractivity contribution in [3.63, 3.8) is 0 Å². The fourth-order valence-corrected chi connectivity index (χ4v) is 7.36. The molecule has 216 valence electrons. The van der Waals surface area contributed by atoms with Crippen LogP contribution in [0.2, 0.25) is 15.7 Å². The molecule has 0 spiro atoms. The number of hydrogen-bond donors (Lipinski definition) is 2. The quantitative estimate of drug-likeness (QED) is 0.108. The number of aromatic nitrogens is 4. The highest BCUT2D eigenvalue weighted by Crippen LogP contribution is 2.38. The van der Waals surface area contributed by atoms with Crippen LogP contribution in [-0.4, -0.2) is 37.1 Å². The normalized spacial score (nSPS) is 10.8. The van der Waals surface area contributed by atoms with Crippen LogP contribution in [0.25, 0.3) is 51.9 Å². The summed E-state index contributed by atoms with van der Waals surface area (Å²) in [5.74, 6) is 0. The Morgan fingerprint density at radius 3 is 1.57 bits per heavy atom. The van der Waals surface area contributed by atoms with Gasteiger partial charge in [-0.25, -0.2) is 19.9 Å². The van der Waals surface area contributed by atoms with Crippen LogP contribution in [0.5, 0.6) is 0 Å². The van der Waals surface area contributed by atoms with Gasteiger partial charge >= 0.3 is 7.12 Å². The largest absolute Gasteiger partial charge is 0.488 e. The maximum absolute atomic E-state index is 8.58. The van der Waals surface area contributed by atoms with E-state index in [9.17, 15) is 0 Å². The van der Waals surface area contributed by atoms with Crippen molar-refractivity contribution in [1.29, 1.82) is 0 Å². The number of nitrogens with zero attached hydrogens (tertiary/aromatic N) is 4. The molecule has 0 aliphatic carbocycles. The van der Waals surface area contributed by atoms with Crippen molar-refractivity contribution in [1.82, 2.24) is 19.9 Å². The number of fused-ring (bicyclic) bond motifs is 6. The Morgan fingerprint density at radius 1 is 0.523 bits per heavy atom. The van der Waals surface area contributed by atoms with E-state index < -0.39 is 7.12 Å². The van der Waals surface area contributed by atoms with Crippen molar-refractivity contribution in [2.45, 2.75) is 0 Å². The summed E-state index contributed by atoms with van der Waals surface area (Å²) in [6, 6.07) is 35.0. The van der Waals surface area contributed by atoms with E-state index in [-0.39, 0.29) is 5.28 Å². The van der Waals surface area contributed by atoms with Crippen LogP contribution in [0.1, 0.15) is 0 Å². The molecule has 0 saturated carbocycles. The van der Waals surface area contributed by atoms with Gasteiger partial charge in [-0.3, -0.25) is 0 Å². The fourth-order valence-electron chi connectivity index (χ4n) is 4.51. The van der Waals surface area contributed by atoms with Gasteiger partial charge in [0, 0.05) is 25.7 Å². The maximum Gasteiger partial charge on any atom is 0.488 e. The minimum absolute atomic E-state index is 0.191. The van der Waals surface area contributed by atoms with Gasteiger partial charge in [0.15, 0.2) is 5.15 Å². The van der Waals surface area contributed by atoms with Crippen LogP contribution in [0.4, 0.5) is 0 Å². The molecule has 0 aliphatic rings. The van der Waals surface area contributed by atoms with Gasteiger partial charge in [-0.15, -0.1) is 22.7 Å². The molecule has 8 aromatic rings. The molecular formula is C32H20BCl3N4O2S2. The molecule has 0 saturated heterocycles. The van der Waals surface area contributed by atoms with Crippen molar-refractivity contribution in [3.8, 4) is 11.3 Å². The summed E-state index contributed by atoms with van der Waals surface area (Å²) in [7, 11) is -1.34. The molecule has 0 radical (unpaired) electrons. The zero-order valence-corrected chi connectivity index (χ0v) is 26.5. The van der Waals surface area contributed by atoms with Gasteiger partial charge in [0.1, 0.15) is 0 Å². The molecule has 0 fully saturated rings. The second kappa shape index (κ2) is 13.5. The van der Waals surface area contributed by atoms with Gasteiger partial charge in [0.25, 0.3) is 0 Å². The first-order valence-electron chi connectivity index (χ1n) is 13.2. The Morgan fingerprint density at radius 2 is 1.00 bits per heavy atom. The minimum Gasteiger partial charge on any atom is -0.423 e. The SMILES string of the molecule is Clc1nc(-c2ccccc2)c2sc3ccccc3c2n1.Clc1nc(Cl)c2sc3ccccc3c2n1.OB(O)c1ccccc1. The predicted octanol–water partition coefficient (Wildman–Crippen LogP) is 8.68. The summed E-state index contributed by atoms with van der Waals surface area (Å²) in [6.45, 7) is 0. The molecule has 4 aromatic heterocycles. The second-order valence-corrected chi connectivity index (χ2v) is 12.5. The molecule has 4 aromatic carbocycles. The van der Waals surface area contributed by atoms with Gasteiger partial charge < -0.3 is 10.0 Å². The number of benzene rings is 4. The third-order valence-corrected chi connectivity index (χ3v) is 9.55. The molecule has 12 heteroatoms. The average Bonchev–Trinajstić information content (AvgIpc) is 3.61. The molecule has 0 aliphatic heterocycles. The molecule has 6 nitrogen and oxygen atoms in total. The maximum atomic E-state index is 8.58. The van der Waals surface area contributed by atoms with Crippen molar-refractivity contribution in [2.75, 3.05) is 0 Å². The molecule has 4 heterocycles. The first-order chi connectivity index (χ1) is 21.4. The number of halogens is 3. The summed E-state index contributed by atoms with van der Waals surface area (Å²) in [5, 5.41) is 20.3. The Bertz CT molecular complexity index is 2210. The highest BCUT2D eigenvalue weighted by Gasteiger charge is 2.14. The lowest BCUT2D eigenvalue weighted by atomic mass is 9.81. The Balaban J connectivity index is 0.000000126. The van der Waals surface area contributed by atoms with E-state index in [0.29, 0.717) is 15.9 Å². The summed E-state index contributed by atoms with van der Waals surface area (Å²) in [4.78, 5) is 17.0.